The van der Waals surface area contributed by atoms with E-state index in [1.165, 1.54) is 12.8 Å². The number of hydrogen-bond donors (Lipinski definition) is 2. The van der Waals surface area contributed by atoms with Crippen LogP contribution >= 0.6 is 11.8 Å². The molecule has 0 saturated heterocycles. The Morgan fingerprint density at radius 2 is 2.35 bits per heavy atom. The second kappa shape index (κ2) is 8.35. The average molecular weight is 261 g/mol. The fraction of sp³-hybridized carbons (Fsp3) is 1.00. The van der Waals surface area contributed by atoms with Crippen molar-refractivity contribution in [2.75, 3.05) is 32.6 Å². The van der Waals surface area contributed by atoms with Crippen molar-refractivity contribution in [3.63, 3.8) is 0 Å². The molecule has 3 nitrogen and oxygen atoms in total. The van der Waals surface area contributed by atoms with Crippen LogP contribution in [0.1, 0.15) is 39.0 Å². The molecule has 1 saturated carbocycles. The van der Waals surface area contributed by atoms with Gasteiger partial charge in [-0.1, -0.05) is 13.3 Å². The number of nitrogens with one attached hydrogen (secondary N) is 1. The number of aliphatic hydroxyl groups excluding tert-OH is 1. The van der Waals surface area contributed by atoms with E-state index in [0.717, 1.165) is 38.2 Å². The first kappa shape index (κ1) is 15.3. The van der Waals surface area contributed by atoms with E-state index in [2.05, 4.69) is 12.2 Å². The molecule has 0 spiro atoms. The van der Waals surface area contributed by atoms with E-state index in [1.807, 2.05) is 11.8 Å². The van der Waals surface area contributed by atoms with Gasteiger partial charge in [-0.05, 0) is 32.2 Å². The quantitative estimate of drug-likeness (QED) is 0.656. The van der Waals surface area contributed by atoms with Crippen molar-refractivity contribution in [2.24, 2.45) is 0 Å². The van der Waals surface area contributed by atoms with Crippen LogP contribution in [-0.2, 0) is 4.74 Å². The minimum Gasteiger partial charge on any atom is -0.394 e. The van der Waals surface area contributed by atoms with Gasteiger partial charge in [-0.2, -0.15) is 11.8 Å². The molecule has 0 aromatic rings. The fourth-order valence-corrected chi connectivity index (χ4v) is 3.87. The summed E-state index contributed by atoms with van der Waals surface area (Å²) in [6, 6.07) is 0. The Morgan fingerprint density at radius 3 is 3.00 bits per heavy atom. The number of methoxy groups -OCH3 is 1. The largest absolute Gasteiger partial charge is 0.394 e. The summed E-state index contributed by atoms with van der Waals surface area (Å²) in [6.07, 6.45) is 5.85. The van der Waals surface area contributed by atoms with Crippen LogP contribution in [0.5, 0.6) is 0 Å². The van der Waals surface area contributed by atoms with Crippen molar-refractivity contribution in [2.45, 2.75) is 49.8 Å². The molecule has 0 aromatic carbocycles. The molecule has 4 heteroatoms. The molecule has 2 N–H and O–H groups in total. The molecule has 1 rings (SSSR count). The van der Waals surface area contributed by atoms with E-state index in [4.69, 9.17) is 4.74 Å². The summed E-state index contributed by atoms with van der Waals surface area (Å²) in [5.74, 6) is 1.07. The van der Waals surface area contributed by atoms with Gasteiger partial charge in [0.1, 0.15) is 0 Å². The Bertz CT molecular complexity index is 204. The van der Waals surface area contributed by atoms with Crippen molar-refractivity contribution < 1.29 is 9.84 Å². The molecular formula is C13H27NO2S. The fourth-order valence-electron chi connectivity index (χ4n) is 2.50. The van der Waals surface area contributed by atoms with Gasteiger partial charge in [-0.15, -0.1) is 0 Å². The summed E-state index contributed by atoms with van der Waals surface area (Å²) in [7, 11) is 1.75. The summed E-state index contributed by atoms with van der Waals surface area (Å²) < 4.78 is 5.09. The molecule has 1 fully saturated rings. The van der Waals surface area contributed by atoms with Gasteiger partial charge in [-0.25, -0.2) is 0 Å². The molecule has 2 unspecified atom stereocenters. The van der Waals surface area contributed by atoms with Gasteiger partial charge >= 0.3 is 0 Å². The predicted octanol–water partition coefficient (Wildman–Crippen LogP) is 2.04. The first-order valence-corrected chi connectivity index (χ1v) is 7.77. The summed E-state index contributed by atoms with van der Waals surface area (Å²) in [6.45, 7) is 4.28. The molecule has 0 aliphatic heterocycles. The van der Waals surface area contributed by atoms with Gasteiger partial charge in [0.15, 0.2) is 0 Å². The van der Waals surface area contributed by atoms with E-state index in [0.29, 0.717) is 5.25 Å². The Labute approximate surface area is 110 Å². The lowest BCUT2D eigenvalue weighted by Crippen LogP contribution is -2.52. The standard InChI is InChI=1S/C13H27NO2S/c1-3-7-14-13(11-15)6-4-5-12(10-13)17-9-8-16-2/h12,14-15H,3-11H2,1-2H3. The van der Waals surface area contributed by atoms with Crippen LogP contribution in [0.15, 0.2) is 0 Å². The molecule has 1 aliphatic rings. The third-order valence-electron chi connectivity index (χ3n) is 3.49. The number of ether oxygens (including phenoxy) is 1. The van der Waals surface area contributed by atoms with Crippen LogP contribution in [0, 0.1) is 0 Å². The van der Waals surface area contributed by atoms with Crippen LogP contribution in [0.25, 0.3) is 0 Å². The summed E-state index contributed by atoms with van der Waals surface area (Å²) in [5.41, 5.74) is -0.0149. The molecule has 0 bridgehead atoms. The van der Waals surface area contributed by atoms with E-state index >= 15 is 0 Å². The lowest BCUT2D eigenvalue weighted by atomic mass is 9.82. The van der Waals surface area contributed by atoms with Gasteiger partial charge < -0.3 is 15.2 Å². The topological polar surface area (TPSA) is 41.5 Å². The van der Waals surface area contributed by atoms with Crippen LogP contribution in [0.3, 0.4) is 0 Å². The van der Waals surface area contributed by atoms with Crippen LogP contribution in [0.4, 0.5) is 0 Å². The summed E-state index contributed by atoms with van der Waals surface area (Å²) in [4.78, 5) is 0. The summed E-state index contributed by atoms with van der Waals surface area (Å²) >= 11 is 2.00. The normalized spacial score (nSPS) is 29.5. The highest BCUT2D eigenvalue weighted by Crippen LogP contribution is 2.34. The Kier molecular flexibility index (Phi) is 7.51. The molecule has 2 atom stereocenters. The Morgan fingerprint density at radius 1 is 1.53 bits per heavy atom. The van der Waals surface area contributed by atoms with Crippen molar-refractivity contribution >= 4 is 11.8 Å². The van der Waals surface area contributed by atoms with Crippen molar-refractivity contribution in [3.05, 3.63) is 0 Å². The number of thioether (sulfide) groups is 1. The smallest absolute Gasteiger partial charge is 0.0613 e. The zero-order valence-corrected chi connectivity index (χ0v) is 12.0. The Hall–Kier alpha value is 0.230. The second-order valence-corrected chi connectivity index (χ2v) is 6.36. The first-order chi connectivity index (χ1) is 8.26. The monoisotopic (exact) mass is 261 g/mol. The van der Waals surface area contributed by atoms with Gasteiger partial charge in [-0.3, -0.25) is 0 Å². The van der Waals surface area contributed by atoms with Crippen molar-refractivity contribution in [1.82, 2.24) is 5.32 Å². The van der Waals surface area contributed by atoms with Crippen LogP contribution < -0.4 is 5.32 Å². The SMILES string of the molecule is CCCNC1(CO)CCCC(SCCOC)C1. The summed E-state index contributed by atoms with van der Waals surface area (Å²) in [5, 5.41) is 13.9. The van der Waals surface area contributed by atoms with Gasteiger partial charge in [0.05, 0.1) is 13.2 Å². The molecule has 0 heterocycles. The zero-order chi connectivity index (χ0) is 12.6. The number of hydrogen-bond acceptors (Lipinski definition) is 4. The maximum Gasteiger partial charge on any atom is 0.0613 e. The predicted molar refractivity (Wildman–Crippen MR) is 74.7 cm³/mol. The molecule has 0 amide bonds. The van der Waals surface area contributed by atoms with Crippen LogP contribution in [-0.4, -0.2) is 48.5 Å². The van der Waals surface area contributed by atoms with Crippen LogP contribution in [0.2, 0.25) is 0 Å². The second-order valence-electron chi connectivity index (χ2n) is 4.95. The molecule has 1 aliphatic carbocycles. The molecule has 0 radical (unpaired) electrons. The molecule has 17 heavy (non-hydrogen) atoms. The highest BCUT2D eigenvalue weighted by atomic mass is 32.2. The maximum absolute atomic E-state index is 9.66. The third kappa shape index (κ3) is 5.16. The maximum atomic E-state index is 9.66. The van der Waals surface area contributed by atoms with E-state index in [1.54, 1.807) is 7.11 Å². The van der Waals surface area contributed by atoms with E-state index < -0.39 is 0 Å². The van der Waals surface area contributed by atoms with Gasteiger partial charge in [0.25, 0.3) is 0 Å². The van der Waals surface area contributed by atoms with Crippen molar-refractivity contribution in [1.29, 1.82) is 0 Å². The third-order valence-corrected chi connectivity index (χ3v) is 4.77. The average Bonchev–Trinajstić information content (AvgIpc) is 2.37. The van der Waals surface area contributed by atoms with Crippen molar-refractivity contribution in [3.8, 4) is 0 Å². The van der Waals surface area contributed by atoms with E-state index in [9.17, 15) is 5.11 Å². The minimum atomic E-state index is -0.0149. The van der Waals surface area contributed by atoms with E-state index in [-0.39, 0.29) is 12.1 Å². The highest BCUT2D eigenvalue weighted by Gasteiger charge is 2.35. The number of aliphatic hydroxyl groups is 1. The molecule has 0 aromatic heterocycles. The lowest BCUT2D eigenvalue weighted by molar-refractivity contribution is 0.124. The molecular weight excluding hydrogens is 234 g/mol. The number of rotatable bonds is 8. The zero-order valence-electron chi connectivity index (χ0n) is 11.2. The van der Waals surface area contributed by atoms with Gasteiger partial charge in [0, 0.05) is 23.7 Å². The Balaban J connectivity index is 2.38. The minimum absolute atomic E-state index is 0.0149. The first-order valence-electron chi connectivity index (χ1n) is 6.73. The lowest BCUT2D eigenvalue weighted by Gasteiger charge is -2.40. The molecule has 102 valence electrons. The van der Waals surface area contributed by atoms with Gasteiger partial charge in [0.2, 0.25) is 0 Å². The highest BCUT2D eigenvalue weighted by molar-refractivity contribution is 7.99.